The number of aryl methyl sites for hydroxylation is 1. The zero-order chi connectivity index (χ0) is 15.1. The average molecular weight is 319 g/mol. The van der Waals surface area contributed by atoms with Crippen LogP contribution < -0.4 is 4.72 Å². The van der Waals surface area contributed by atoms with Crippen LogP contribution in [-0.4, -0.2) is 31.6 Å². The quantitative estimate of drug-likeness (QED) is 0.712. The third-order valence-corrected chi connectivity index (χ3v) is 4.70. The summed E-state index contributed by atoms with van der Waals surface area (Å²) in [5.74, 6) is 0.672. The van der Waals surface area contributed by atoms with Gasteiger partial charge in [-0.15, -0.1) is 11.6 Å². The fourth-order valence-corrected chi connectivity index (χ4v) is 3.16. The number of pyridine rings is 1. The van der Waals surface area contributed by atoms with Gasteiger partial charge < -0.3 is 0 Å². The Hall–Kier alpha value is -0.650. The van der Waals surface area contributed by atoms with E-state index in [9.17, 15) is 8.42 Å². The number of aromatic nitrogens is 1. The van der Waals surface area contributed by atoms with Gasteiger partial charge in [-0.1, -0.05) is 19.9 Å². The number of nitrogens with one attached hydrogen (secondary N) is 1. The van der Waals surface area contributed by atoms with E-state index in [2.05, 4.69) is 9.71 Å². The summed E-state index contributed by atoms with van der Waals surface area (Å²) in [7, 11) is -3.26. The van der Waals surface area contributed by atoms with Crippen LogP contribution >= 0.6 is 11.6 Å². The maximum atomic E-state index is 12.0. The molecule has 0 aliphatic rings. The molecule has 0 aliphatic carbocycles. The van der Waals surface area contributed by atoms with Gasteiger partial charge in [0.05, 0.1) is 5.75 Å². The Kier molecular flexibility index (Phi) is 6.92. The van der Waals surface area contributed by atoms with Gasteiger partial charge in [0, 0.05) is 30.7 Å². The predicted octanol–water partition coefficient (Wildman–Crippen LogP) is 2.59. The monoisotopic (exact) mass is 318 g/mol. The Morgan fingerprint density at radius 3 is 2.70 bits per heavy atom. The summed E-state index contributed by atoms with van der Waals surface area (Å²) in [4.78, 5) is 4.12. The molecule has 0 aliphatic heterocycles. The van der Waals surface area contributed by atoms with Crippen LogP contribution in [0, 0.1) is 5.41 Å². The maximum Gasteiger partial charge on any atom is 0.211 e. The minimum atomic E-state index is -3.26. The van der Waals surface area contributed by atoms with Crippen LogP contribution in [0.4, 0.5) is 0 Å². The van der Waals surface area contributed by atoms with E-state index in [0.717, 1.165) is 18.5 Å². The first-order chi connectivity index (χ1) is 9.35. The number of alkyl halides is 1. The summed E-state index contributed by atoms with van der Waals surface area (Å²) in [5.41, 5.74) is 0.715. The van der Waals surface area contributed by atoms with E-state index in [-0.39, 0.29) is 11.2 Å². The summed E-state index contributed by atoms with van der Waals surface area (Å²) in [6.07, 6.45) is 3.90. The van der Waals surface area contributed by atoms with E-state index in [1.165, 1.54) is 0 Å². The largest absolute Gasteiger partial charge is 0.261 e. The van der Waals surface area contributed by atoms with Gasteiger partial charge in [-0.2, -0.15) is 0 Å². The Morgan fingerprint density at radius 2 is 2.10 bits per heavy atom. The van der Waals surface area contributed by atoms with Gasteiger partial charge in [0.2, 0.25) is 10.0 Å². The van der Waals surface area contributed by atoms with Crippen LogP contribution in [0.2, 0.25) is 0 Å². The van der Waals surface area contributed by atoms with Crippen molar-refractivity contribution in [3.05, 3.63) is 30.1 Å². The molecule has 0 unspecified atom stereocenters. The molecule has 1 N–H and O–H groups in total. The summed E-state index contributed by atoms with van der Waals surface area (Å²) in [6.45, 7) is 4.52. The van der Waals surface area contributed by atoms with Gasteiger partial charge in [0.25, 0.3) is 0 Å². The molecule has 114 valence electrons. The van der Waals surface area contributed by atoms with E-state index in [4.69, 9.17) is 11.6 Å². The van der Waals surface area contributed by atoms with E-state index in [0.29, 0.717) is 18.8 Å². The van der Waals surface area contributed by atoms with Crippen LogP contribution in [0.15, 0.2) is 24.4 Å². The number of rotatable bonds is 9. The smallest absolute Gasteiger partial charge is 0.211 e. The van der Waals surface area contributed by atoms with Gasteiger partial charge in [-0.05, 0) is 30.4 Å². The van der Waals surface area contributed by atoms with E-state index >= 15 is 0 Å². The Balaban J connectivity index is 2.42. The first-order valence-corrected chi connectivity index (χ1v) is 8.96. The van der Waals surface area contributed by atoms with E-state index < -0.39 is 10.0 Å². The fraction of sp³-hybridized carbons (Fsp3) is 0.643. The highest BCUT2D eigenvalue weighted by Crippen LogP contribution is 2.21. The molecule has 0 spiro atoms. The van der Waals surface area contributed by atoms with Gasteiger partial charge in [0.1, 0.15) is 0 Å². The maximum absolute atomic E-state index is 12.0. The number of hydrogen-bond acceptors (Lipinski definition) is 3. The average Bonchev–Trinajstić information content (AvgIpc) is 2.43. The normalized spacial score (nSPS) is 12.6. The number of sulfonamides is 1. The number of halogens is 1. The topological polar surface area (TPSA) is 59.1 Å². The van der Waals surface area contributed by atoms with Crippen molar-refractivity contribution in [3.8, 4) is 0 Å². The van der Waals surface area contributed by atoms with E-state index in [1.807, 2.05) is 32.0 Å². The Bertz CT molecular complexity index is 489. The Morgan fingerprint density at radius 1 is 1.35 bits per heavy atom. The van der Waals surface area contributed by atoms with Crippen LogP contribution in [0.1, 0.15) is 32.4 Å². The summed E-state index contributed by atoms with van der Waals surface area (Å²) in [5, 5.41) is 0. The molecule has 0 amide bonds. The van der Waals surface area contributed by atoms with Gasteiger partial charge in [-0.3, -0.25) is 4.98 Å². The molecule has 0 atom stereocenters. The minimum absolute atomic E-state index is 0.0651. The molecule has 0 aromatic carbocycles. The molecule has 20 heavy (non-hydrogen) atoms. The van der Waals surface area contributed by atoms with Crippen molar-refractivity contribution in [2.24, 2.45) is 5.41 Å². The van der Waals surface area contributed by atoms with Crippen LogP contribution in [-0.2, 0) is 16.4 Å². The van der Waals surface area contributed by atoms with Crippen molar-refractivity contribution in [2.75, 3.05) is 18.2 Å². The molecule has 1 heterocycles. The summed E-state index contributed by atoms with van der Waals surface area (Å²) in [6, 6.07) is 5.51. The molecular formula is C14H23ClN2O2S. The first-order valence-electron chi connectivity index (χ1n) is 6.78. The fourth-order valence-electron chi connectivity index (χ4n) is 1.80. The molecule has 0 bridgehead atoms. The highest BCUT2D eigenvalue weighted by atomic mass is 35.5. The van der Waals surface area contributed by atoms with Gasteiger partial charge >= 0.3 is 0 Å². The molecule has 0 saturated carbocycles. The second kappa shape index (κ2) is 7.96. The summed E-state index contributed by atoms with van der Waals surface area (Å²) >= 11 is 5.67. The van der Waals surface area contributed by atoms with Gasteiger partial charge in [-0.25, -0.2) is 13.1 Å². The number of nitrogens with zero attached hydrogens (tertiary/aromatic N) is 1. The highest BCUT2D eigenvalue weighted by molar-refractivity contribution is 7.89. The molecule has 1 rings (SSSR count). The lowest BCUT2D eigenvalue weighted by molar-refractivity contribution is 0.331. The minimum Gasteiger partial charge on any atom is -0.261 e. The predicted molar refractivity (Wildman–Crippen MR) is 83.5 cm³/mol. The van der Waals surface area contributed by atoms with E-state index in [1.54, 1.807) is 6.20 Å². The molecule has 4 nitrogen and oxygen atoms in total. The SMILES string of the molecule is CC(C)(CCCCl)CNS(=O)(=O)CCc1ccccn1. The lowest BCUT2D eigenvalue weighted by atomic mass is 9.88. The first kappa shape index (κ1) is 17.4. The molecule has 1 aromatic rings. The summed E-state index contributed by atoms with van der Waals surface area (Å²) < 4.78 is 26.6. The van der Waals surface area contributed by atoms with Crippen molar-refractivity contribution in [1.82, 2.24) is 9.71 Å². The number of hydrogen-bond donors (Lipinski definition) is 1. The zero-order valence-electron chi connectivity index (χ0n) is 12.1. The van der Waals surface area contributed by atoms with Crippen molar-refractivity contribution in [2.45, 2.75) is 33.1 Å². The molecule has 0 fully saturated rings. The third kappa shape index (κ3) is 7.22. The molecule has 1 aromatic heterocycles. The molecule has 0 radical (unpaired) electrons. The zero-order valence-corrected chi connectivity index (χ0v) is 13.7. The van der Waals surface area contributed by atoms with Crippen molar-refractivity contribution in [1.29, 1.82) is 0 Å². The van der Waals surface area contributed by atoms with Crippen LogP contribution in [0.3, 0.4) is 0 Å². The van der Waals surface area contributed by atoms with Crippen molar-refractivity contribution in [3.63, 3.8) is 0 Å². The highest BCUT2D eigenvalue weighted by Gasteiger charge is 2.20. The standard InChI is InChI=1S/C14H23ClN2O2S/c1-14(2,8-5-9-15)12-17-20(18,19)11-7-13-6-3-4-10-16-13/h3-4,6,10,17H,5,7-9,11-12H2,1-2H3. The van der Waals surface area contributed by atoms with Crippen molar-refractivity contribution >= 4 is 21.6 Å². The van der Waals surface area contributed by atoms with Gasteiger partial charge in [0.15, 0.2) is 0 Å². The molecular weight excluding hydrogens is 296 g/mol. The molecule has 6 heteroatoms. The molecule has 0 saturated heterocycles. The Labute approximate surface area is 127 Å². The third-order valence-electron chi connectivity index (χ3n) is 3.11. The second-order valence-corrected chi connectivity index (χ2v) is 7.97. The lowest BCUT2D eigenvalue weighted by Crippen LogP contribution is -2.35. The lowest BCUT2D eigenvalue weighted by Gasteiger charge is -2.24. The van der Waals surface area contributed by atoms with Crippen LogP contribution in [0.5, 0.6) is 0 Å². The van der Waals surface area contributed by atoms with Crippen molar-refractivity contribution < 1.29 is 8.42 Å². The second-order valence-electron chi connectivity index (χ2n) is 5.67. The van der Waals surface area contributed by atoms with Crippen LogP contribution in [0.25, 0.3) is 0 Å².